The van der Waals surface area contributed by atoms with Gasteiger partial charge in [0.15, 0.2) is 5.78 Å². The number of anilines is 1. The van der Waals surface area contributed by atoms with Crippen LogP contribution >= 0.6 is 23.2 Å². The maximum Gasteiger partial charge on any atom is 0.243 e. The summed E-state index contributed by atoms with van der Waals surface area (Å²) in [6.07, 6.45) is 0.967. The predicted molar refractivity (Wildman–Crippen MR) is 142 cm³/mol. The van der Waals surface area contributed by atoms with Crippen LogP contribution in [0.2, 0.25) is 10.0 Å². The summed E-state index contributed by atoms with van der Waals surface area (Å²) in [6, 6.07) is 20.8. The van der Waals surface area contributed by atoms with E-state index < -0.39 is 11.5 Å². The van der Waals surface area contributed by atoms with E-state index in [1.165, 1.54) is 0 Å². The van der Waals surface area contributed by atoms with Gasteiger partial charge in [-0.25, -0.2) is 0 Å². The molecular formula is C29H28Cl2N2O3. The lowest BCUT2D eigenvalue weighted by Crippen LogP contribution is -2.56. The zero-order chi connectivity index (χ0) is 25.4. The highest BCUT2D eigenvalue weighted by Gasteiger charge is 2.60. The summed E-state index contributed by atoms with van der Waals surface area (Å²) in [5.41, 5.74) is 3.28. The van der Waals surface area contributed by atoms with E-state index in [0.29, 0.717) is 48.3 Å². The lowest BCUT2D eigenvalue weighted by Gasteiger charge is -2.43. The standard InChI is InChI=1S/C29H28Cl2N2O3/c1-19-16-23(31)17-20(2)25(19)26-27(34)29(33(28(26)35)24-10-8-22(30)9-11-24)12-14-32(15-13-29)36-18-21-6-4-3-5-7-21/h3-11,16-17,26H,12-15,18H2,1-2H3. The van der Waals surface area contributed by atoms with Crippen molar-refractivity contribution in [2.24, 2.45) is 0 Å². The number of hydrogen-bond donors (Lipinski definition) is 0. The quantitative estimate of drug-likeness (QED) is 0.370. The fourth-order valence-electron chi connectivity index (χ4n) is 5.62. The molecule has 2 aliphatic rings. The summed E-state index contributed by atoms with van der Waals surface area (Å²) in [7, 11) is 0. The van der Waals surface area contributed by atoms with Gasteiger partial charge in [0.25, 0.3) is 0 Å². The van der Waals surface area contributed by atoms with E-state index in [4.69, 9.17) is 28.0 Å². The Bertz CT molecular complexity index is 1260. The summed E-state index contributed by atoms with van der Waals surface area (Å²) in [4.78, 5) is 36.0. The highest BCUT2D eigenvalue weighted by molar-refractivity contribution is 6.31. The normalized spacial score (nSPS) is 19.9. The molecule has 5 nitrogen and oxygen atoms in total. The van der Waals surface area contributed by atoms with Gasteiger partial charge >= 0.3 is 0 Å². The van der Waals surface area contributed by atoms with Gasteiger partial charge in [0.1, 0.15) is 11.5 Å². The maximum atomic E-state index is 14.2. The molecule has 2 heterocycles. The average Bonchev–Trinajstić information content (AvgIpc) is 3.06. The molecule has 1 spiro atoms. The molecule has 2 aliphatic heterocycles. The first-order valence-electron chi connectivity index (χ1n) is 12.1. The number of hydroxylamine groups is 2. The number of carbonyl (C=O) groups is 2. The molecule has 0 radical (unpaired) electrons. The SMILES string of the molecule is Cc1cc(Cl)cc(C)c1C1C(=O)N(c2ccc(Cl)cc2)C2(CCN(OCc3ccccc3)CC2)C1=O. The summed E-state index contributed by atoms with van der Waals surface area (Å²) in [5.74, 6) is -1.12. The van der Waals surface area contributed by atoms with Crippen molar-refractivity contribution in [2.75, 3.05) is 18.0 Å². The molecule has 1 unspecified atom stereocenters. The Morgan fingerprint density at radius 1 is 0.889 bits per heavy atom. The lowest BCUT2D eigenvalue weighted by molar-refractivity contribution is -0.185. The van der Waals surface area contributed by atoms with Crippen molar-refractivity contribution in [3.05, 3.63) is 99.0 Å². The molecule has 36 heavy (non-hydrogen) atoms. The van der Waals surface area contributed by atoms with Crippen molar-refractivity contribution in [1.82, 2.24) is 5.06 Å². The number of rotatable bonds is 5. The minimum atomic E-state index is -0.944. The van der Waals surface area contributed by atoms with Gasteiger partial charge in [-0.1, -0.05) is 53.5 Å². The maximum absolute atomic E-state index is 14.2. The van der Waals surface area contributed by atoms with Crippen LogP contribution in [0.1, 0.15) is 41.0 Å². The van der Waals surface area contributed by atoms with Gasteiger partial charge in [0, 0.05) is 28.8 Å². The Hall–Kier alpha value is -2.70. The molecule has 0 saturated carbocycles. The van der Waals surface area contributed by atoms with Crippen molar-refractivity contribution in [1.29, 1.82) is 0 Å². The third-order valence-electron chi connectivity index (χ3n) is 7.35. The fourth-order valence-corrected chi connectivity index (χ4v) is 6.08. The number of amides is 1. The molecule has 5 rings (SSSR count). The van der Waals surface area contributed by atoms with E-state index in [1.54, 1.807) is 17.0 Å². The Balaban J connectivity index is 1.47. The van der Waals surface area contributed by atoms with Crippen molar-refractivity contribution < 1.29 is 14.4 Å². The lowest BCUT2D eigenvalue weighted by atomic mass is 9.78. The van der Waals surface area contributed by atoms with Gasteiger partial charge in [-0.15, -0.1) is 0 Å². The van der Waals surface area contributed by atoms with Gasteiger partial charge in [0.2, 0.25) is 5.91 Å². The fraction of sp³-hybridized carbons (Fsp3) is 0.310. The second kappa shape index (κ2) is 9.98. The largest absolute Gasteiger partial charge is 0.298 e. The topological polar surface area (TPSA) is 49.9 Å². The number of piperidine rings is 1. The van der Waals surface area contributed by atoms with E-state index in [9.17, 15) is 9.59 Å². The van der Waals surface area contributed by atoms with Gasteiger partial charge in [-0.3, -0.25) is 19.3 Å². The van der Waals surface area contributed by atoms with Crippen molar-refractivity contribution in [2.45, 2.75) is 44.8 Å². The van der Waals surface area contributed by atoms with E-state index in [1.807, 2.05) is 73.5 Å². The number of benzene rings is 3. The third kappa shape index (κ3) is 4.46. The summed E-state index contributed by atoms with van der Waals surface area (Å²) < 4.78 is 0. The Kier molecular flexibility index (Phi) is 6.92. The number of halogens is 2. The molecule has 7 heteroatoms. The molecule has 0 aliphatic carbocycles. The second-order valence-corrected chi connectivity index (χ2v) is 10.5. The minimum Gasteiger partial charge on any atom is -0.298 e. The van der Waals surface area contributed by atoms with Crippen LogP contribution in [0.25, 0.3) is 0 Å². The highest BCUT2D eigenvalue weighted by Crippen LogP contribution is 2.47. The first-order chi connectivity index (χ1) is 17.3. The van der Waals surface area contributed by atoms with Crippen LogP contribution in [-0.2, 0) is 21.0 Å². The minimum absolute atomic E-state index is 0.0568. The van der Waals surface area contributed by atoms with Gasteiger partial charge < -0.3 is 0 Å². The van der Waals surface area contributed by atoms with Crippen LogP contribution < -0.4 is 4.90 Å². The average molecular weight is 523 g/mol. The van der Waals surface area contributed by atoms with Crippen molar-refractivity contribution in [3.63, 3.8) is 0 Å². The number of ketones is 1. The molecule has 2 saturated heterocycles. The number of nitrogens with zero attached hydrogens (tertiary/aromatic N) is 2. The molecule has 1 amide bonds. The van der Waals surface area contributed by atoms with E-state index in [0.717, 1.165) is 22.3 Å². The number of hydrogen-bond acceptors (Lipinski definition) is 4. The Morgan fingerprint density at radius 3 is 2.11 bits per heavy atom. The number of carbonyl (C=O) groups excluding carboxylic acids is 2. The van der Waals surface area contributed by atoms with Crippen molar-refractivity contribution >= 4 is 40.6 Å². The van der Waals surface area contributed by atoms with E-state index >= 15 is 0 Å². The van der Waals surface area contributed by atoms with Crippen LogP contribution in [0.3, 0.4) is 0 Å². The Labute approximate surface area is 221 Å². The van der Waals surface area contributed by atoms with Crippen LogP contribution in [0.4, 0.5) is 5.69 Å². The van der Waals surface area contributed by atoms with Crippen LogP contribution in [0.15, 0.2) is 66.7 Å². The van der Waals surface area contributed by atoms with E-state index in [-0.39, 0.29) is 11.7 Å². The molecule has 3 aromatic rings. The molecule has 0 N–H and O–H groups in total. The van der Waals surface area contributed by atoms with Crippen LogP contribution in [0, 0.1) is 13.8 Å². The van der Waals surface area contributed by atoms with Crippen molar-refractivity contribution in [3.8, 4) is 0 Å². The predicted octanol–water partition coefficient (Wildman–Crippen LogP) is 6.28. The van der Waals surface area contributed by atoms with Gasteiger partial charge in [0.05, 0.1) is 6.61 Å². The van der Waals surface area contributed by atoms with Crippen LogP contribution in [0.5, 0.6) is 0 Å². The monoisotopic (exact) mass is 522 g/mol. The molecule has 1 atom stereocenters. The zero-order valence-corrected chi connectivity index (χ0v) is 21.9. The van der Waals surface area contributed by atoms with Gasteiger partial charge in [-0.05, 0) is 85.3 Å². The third-order valence-corrected chi connectivity index (χ3v) is 7.82. The van der Waals surface area contributed by atoms with Gasteiger partial charge in [-0.2, -0.15) is 5.06 Å². The Morgan fingerprint density at radius 2 is 1.50 bits per heavy atom. The molecule has 3 aromatic carbocycles. The molecule has 2 fully saturated rings. The molecule has 0 bridgehead atoms. The number of Topliss-reactive ketones (excluding diaryl/α,β-unsaturated/α-hetero) is 1. The molecule has 0 aromatic heterocycles. The molecular weight excluding hydrogens is 495 g/mol. The first kappa shape index (κ1) is 25.0. The first-order valence-corrected chi connectivity index (χ1v) is 12.9. The smallest absolute Gasteiger partial charge is 0.243 e. The summed E-state index contributed by atoms with van der Waals surface area (Å²) in [5, 5.41) is 3.08. The number of aryl methyl sites for hydroxylation is 2. The summed E-state index contributed by atoms with van der Waals surface area (Å²) in [6.45, 7) is 5.37. The summed E-state index contributed by atoms with van der Waals surface area (Å²) >= 11 is 12.4. The second-order valence-electron chi connectivity index (χ2n) is 9.62. The molecule has 186 valence electrons. The van der Waals surface area contributed by atoms with E-state index in [2.05, 4.69) is 0 Å². The zero-order valence-electron chi connectivity index (χ0n) is 20.3. The van der Waals surface area contributed by atoms with Crippen LogP contribution in [-0.4, -0.2) is 35.4 Å². The highest BCUT2D eigenvalue weighted by atomic mass is 35.5.